The van der Waals surface area contributed by atoms with Gasteiger partial charge in [0, 0.05) is 16.4 Å². The number of benzene rings is 3. The van der Waals surface area contributed by atoms with E-state index in [2.05, 4.69) is 0 Å². The summed E-state index contributed by atoms with van der Waals surface area (Å²) < 4.78 is 15.4. The number of aliphatic hydroxyl groups is 1. The molecule has 0 aliphatic heterocycles. The molecule has 196 valence electrons. The molecule has 0 amide bonds. The van der Waals surface area contributed by atoms with Crippen molar-refractivity contribution < 1.29 is 19.3 Å². The van der Waals surface area contributed by atoms with E-state index in [1.165, 1.54) is 0 Å². The third-order valence-corrected chi connectivity index (χ3v) is 10.2. The van der Waals surface area contributed by atoms with E-state index in [-0.39, 0.29) is 0 Å². The molecule has 1 unspecified atom stereocenters. The number of carbonyl (C=O) groups excluding carboxylic acids is 2. The normalized spacial score (nSPS) is 12.5. The number of aryl methyl sites for hydroxylation is 8. The van der Waals surface area contributed by atoms with Crippen LogP contribution < -0.4 is 5.30 Å². The monoisotopic (exact) mass is 518 g/mol. The molecule has 3 aromatic carbocycles. The molecule has 0 saturated carbocycles. The summed E-state index contributed by atoms with van der Waals surface area (Å²) >= 11 is 0. The van der Waals surface area contributed by atoms with E-state index in [9.17, 15) is 14.7 Å². The molecule has 37 heavy (non-hydrogen) atoms. The lowest BCUT2D eigenvalue weighted by atomic mass is 9.95. The van der Waals surface area contributed by atoms with E-state index in [0.29, 0.717) is 56.2 Å². The van der Waals surface area contributed by atoms with Crippen LogP contribution in [0, 0.1) is 62.3 Å². The number of hydrogen-bond donors (Lipinski definition) is 1. The average Bonchev–Trinajstić information content (AvgIpc) is 2.74. The second-order valence-corrected chi connectivity index (χ2v) is 13.3. The SMILES string of the molecule is Cc1cc(C)c(C(=O)P(=O)(C(=O)c2c(C)cc(C)cc2C)c2c(C)cc(C)c(CC(C)O)c2C)c(C)c1. The molecular weight excluding hydrogens is 479 g/mol. The highest BCUT2D eigenvalue weighted by Gasteiger charge is 2.47. The van der Waals surface area contributed by atoms with Crippen LogP contribution in [0.5, 0.6) is 0 Å². The summed E-state index contributed by atoms with van der Waals surface area (Å²) in [6.45, 7) is 18.5. The zero-order valence-electron chi connectivity index (χ0n) is 23.8. The van der Waals surface area contributed by atoms with Crippen molar-refractivity contribution in [3.05, 3.63) is 97.1 Å². The molecule has 3 rings (SSSR count). The fraction of sp³-hybridized carbons (Fsp3) is 0.375. The van der Waals surface area contributed by atoms with Crippen molar-refractivity contribution in [1.29, 1.82) is 0 Å². The van der Waals surface area contributed by atoms with Gasteiger partial charge in [-0.1, -0.05) is 41.5 Å². The predicted molar refractivity (Wildman–Crippen MR) is 153 cm³/mol. The maximum Gasteiger partial charge on any atom is 0.249 e. The summed E-state index contributed by atoms with van der Waals surface area (Å²) in [4.78, 5) is 29.0. The van der Waals surface area contributed by atoms with Crippen molar-refractivity contribution in [3.63, 3.8) is 0 Å². The Balaban J connectivity index is 2.48. The lowest BCUT2D eigenvalue weighted by Gasteiger charge is -2.26. The molecule has 0 bridgehead atoms. The topological polar surface area (TPSA) is 71.4 Å². The zero-order valence-corrected chi connectivity index (χ0v) is 24.7. The molecule has 0 heterocycles. The van der Waals surface area contributed by atoms with Crippen LogP contribution in [0.3, 0.4) is 0 Å². The first-order chi connectivity index (χ1) is 17.1. The van der Waals surface area contributed by atoms with Crippen LogP contribution in [0.25, 0.3) is 0 Å². The van der Waals surface area contributed by atoms with Gasteiger partial charge in [0.25, 0.3) is 0 Å². The summed E-state index contributed by atoms with van der Waals surface area (Å²) in [7, 11) is -4.36. The Morgan fingerprint density at radius 1 is 0.676 bits per heavy atom. The molecule has 0 fully saturated rings. The van der Waals surface area contributed by atoms with Crippen LogP contribution in [-0.4, -0.2) is 22.3 Å². The fourth-order valence-electron chi connectivity index (χ4n) is 5.95. The van der Waals surface area contributed by atoms with Crippen molar-refractivity contribution >= 4 is 23.5 Å². The van der Waals surface area contributed by atoms with Gasteiger partial charge in [0.2, 0.25) is 18.2 Å². The summed E-state index contributed by atoms with van der Waals surface area (Å²) in [6.07, 6.45) is -0.277. The van der Waals surface area contributed by atoms with E-state index < -0.39 is 24.3 Å². The highest BCUT2D eigenvalue weighted by atomic mass is 31.2. The Morgan fingerprint density at radius 2 is 1.05 bits per heavy atom. The fourth-order valence-corrected chi connectivity index (χ4v) is 9.05. The second-order valence-electron chi connectivity index (χ2n) is 10.8. The van der Waals surface area contributed by atoms with Gasteiger partial charge in [-0.15, -0.1) is 0 Å². The quantitative estimate of drug-likeness (QED) is 0.340. The van der Waals surface area contributed by atoms with Crippen LogP contribution >= 0.6 is 7.14 Å². The third kappa shape index (κ3) is 5.15. The van der Waals surface area contributed by atoms with Gasteiger partial charge in [0.15, 0.2) is 0 Å². The molecule has 0 aromatic heterocycles. The van der Waals surface area contributed by atoms with Crippen LogP contribution in [-0.2, 0) is 11.0 Å². The minimum Gasteiger partial charge on any atom is -0.393 e. The molecule has 0 radical (unpaired) electrons. The maximum absolute atomic E-state index is 15.4. The first-order valence-corrected chi connectivity index (χ1v) is 14.5. The number of rotatable bonds is 7. The van der Waals surface area contributed by atoms with Crippen LogP contribution in [0.1, 0.15) is 83.3 Å². The van der Waals surface area contributed by atoms with Gasteiger partial charge in [0.05, 0.1) is 6.10 Å². The summed E-state index contributed by atoms with van der Waals surface area (Å²) in [5, 5.41) is 10.5. The largest absolute Gasteiger partial charge is 0.393 e. The van der Waals surface area contributed by atoms with Crippen LogP contribution in [0.15, 0.2) is 30.3 Å². The van der Waals surface area contributed by atoms with Gasteiger partial charge < -0.3 is 9.67 Å². The minimum atomic E-state index is -4.36. The first-order valence-electron chi connectivity index (χ1n) is 12.7. The average molecular weight is 519 g/mol. The first kappa shape index (κ1) is 28.8. The lowest BCUT2D eigenvalue weighted by Crippen LogP contribution is -2.28. The predicted octanol–water partition coefficient (Wildman–Crippen LogP) is 7.05. The number of aliphatic hydroxyl groups excluding tert-OH is 1. The number of hydrogen-bond acceptors (Lipinski definition) is 4. The second kappa shape index (κ2) is 10.5. The standard InChI is InChI=1S/C32H39O4P/c1-17-11-20(4)28(21(5)12-17)31(34)37(36,32(35)29-22(6)13-18(2)14-23(29)7)30-24(8)15-19(3)27(26(30)10)16-25(9)33/h11-15,25,33H,16H2,1-10H3. The molecule has 0 saturated heterocycles. The van der Waals surface area contributed by atoms with Gasteiger partial charge in [0.1, 0.15) is 0 Å². The zero-order chi connectivity index (χ0) is 28.0. The third-order valence-electron chi connectivity index (χ3n) is 7.26. The smallest absolute Gasteiger partial charge is 0.249 e. The molecule has 1 N–H and O–H groups in total. The van der Waals surface area contributed by atoms with Gasteiger partial charge in [-0.2, -0.15) is 0 Å². The molecule has 5 heteroatoms. The molecule has 4 nitrogen and oxygen atoms in total. The molecular formula is C32H39O4P. The van der Waals surface area contributed by atoms with Crippen molar-refractivity contribution in [2.24, 2.45) is 0 Å². The van der Waals surface area contributed by atoms with Gasteiger partial charge >= 0.3 is 0 Å². The Bertz CT molecular complexity index is 1360. The van der Waals surface area contributed by atoms with Crippen LogP contribution in [0.4, 0.5) is 0 Å². The Kier molecular flexibility index (Phi) is 8.17. The highest BCUT2D eigenvalue weighted by Crippen LogP contribution is 2.54. The summed E-state index contributed by atoms with van der Waals surface area (Å²) in [5.74, 6) is 0. The van der Waals surface area contributed by atoms with Crippen molar-refractivity contribution in [2.75, 3.05) is 0 Å². The van der Waals surface area contributed by atoms with Crippen molar-refractivity contribution in [2.45, 2.75) is 81.8 Å². The Labute approximate surface area is 221 Å². The molecule has 1 atom stereocenters. The van der Waals surface area contributed by atoms with Gasteiger partial charge in [-0.3, -0.25) is 9.59 Å². The van der Waals surface area contributed by atoms with E-state index >= 15 is 4.57 Å². The Hall–Kier alpha value is -2.81. The van der Waals surface area contributed by atoms with Crippen molar-refractivity contribution in [3.8, 4) is 0 Å². The maximum atomic E-state index is 15.4. The van der Waals surface area contributed by atoms with Gasteiger partial charge in [-0.05, 0) is 120 Å². The van der Waals surface area contributed by atoms with Crippen molar-refractivity contribution in [1.82, 2.24) is 0 Å². The highest BCUT2D eigenvalue weighted by molar-refractivity contribution is 8.01. The Morgan fingerprint density at radius 3 is 1.41 bits per heavy atom. The molecule has 3 aromatic rings. The van der Waals surface area contributed by atoms with E-state index in [0.717, 1.165) is 22.3 Å². The minimum absolute atomic E-state index is 0.308. The van der Waals surface area contributed by atoms with E-state index in [1.807, 2.05) is 92.6 Å². The number of carbonyl (C=O) groups is 2. The molecule has 0 aliphatic rings. The van der Waals surface area contributed by atoms with Gasteiger partial charge in [-0.25, -0.2) is 0 Å². The molecule has 0 spiro atoms. The summed E-state index contributed by atoms with van der Waals surface area (Å²) in [6, 6.07) is 9.46. The lowest BCUT2D eigenvalue weighted by molar-refractivity contribution is 0.104. The van der Waals surface area contributed by atoms with E-state index in [1.54, 1.807) is 6.92 Å². The van der Waals surface area contributed by atoms with Crippen LogP contribution in [0.2, 0.25) is 0 Å². The molecule has 0 aliphatic carbocycles. The summed E-state index contributed by atoms with van der Waals surface area (Å²) in [5.41, 5.74) is 7.35. The van der Waals surface area contributed by atoms with E-state index in [4.69, 9.17) is 0 Å².